The molecule has 0 unspecified atom stereocenters. The van der Waals surface area contributed by atoms with Crippen molar-refractivity contribution in [2.75, 3.05) is 0 Å². The van der Waals surface area contributed by atoms with E-state index < -0.39 is 0 Å². The third kappa shape index (κ3) is 3.32. The molecule has 25 heavy (non-hydrogen) atoms. The Kier molecular flexibility index (Phi) is 4.07. The van der Waals surface area contributed by atoms with E-state index in [4.69, 9.17) is 4.98 Å². The van der Waals surface area contributed by atoms with Crippen LogP contribution in [0, 0.1) is 13.8 Å². The molecule has 122 valence electrons. The van der Waals surface area contributed by atoms with Gasteiger partial charge in [-0.25, -0.2) is 4.98 Å². The molecule has 1 heterocycles. The van der Waals surface area contributed by atoms with Gasteiger partial charge in [-0.15, -0.1) is 0 Å². The molecule has 0 atom stereocenters. The van der Waals surface area contributed by atoms with E-state index in [1.54, 1.807) is 0 Å². The monoisotopic (exact) mass is 323 g/mol. The van der Waals surface area contributed by atoms with Crippen LogP contribution in [0.1, 0.15) is 22.3 Å². The Balaban J connectivity index is 1.83. The molecule has 0 saturated carbocycles. The molecule has 3 aromatic carbocycles. The lowest BCUT2D eigenvalue weighted by molar-refractivity contribution is 1.19. The minimum Gasteiger partial charge on any atom is -0.248 e. The highest BCUT2D eigenvalue weighted by atomic mass is 14.7. The predicted molar refractivity (Wildman–Crippen MR) is 106 cm³/mol. The zero-order valence-electron chi connectivity index (χ0n) is 14.7. The van der Waals surface area contributed by atoms with Crippen molar-refractivity contribution in [3.05, 3.63) is 101 Å². The molecule has 0 saturated heterocycles. The van der Waals surface area contributed by atoms with Crippen molar-refractivity contribution in [3.8, 4) is 11.3 Å². The summed E-state index contributed by atoms with van der Waals surface area (Å²) in [5.74, 6) is 0. The number of para-hydroxylation sites is 1. The van der Waals surface area contributed by atoms with E-state index in [1.165, 1.54) is 33.2 Å². The molecular formula is C24H21N. The second-order valence-corrected chi connectivity index (χ2v) is 6.71. The van der Waals surface area contributed by atoms with Gasteiger partial charge in [0.2, 0.25) is 0 Å². The summed E-state index contributed by atoms with van der Waals surface area (Å²) in [6.45, 7) is 4.24. The SMILES string of the molecule is Cc1ccc(Cc2cc(-c3ccc(C)cc3)nc3ccccc23)cc1. The fourth-order valence-corrected chi connectivity index (χ4v) is 3.19. The van der Waals surface area contributed by atoms with Crippen molar-refractivity contribution in [1.29, 1.82) is 0 Å². The summed E-state index contributed by atoms with van der Waals surface area (Å²) < 4.78 is 0. The van der Waals surface area contributed by atoms with E-state index in [-0.39, 0.29) is 0 Å². The van der Waals surface area contributed by atoms with Crippen molar-refractivity contribution in [2.24, 2.45) is 0 Å². The fourth-order valence-electron chi connectivity index (χ4n) is 3.19. The topological polar surface area (TPSA) is 12.9 Å². The van der Waals surface area contributed by atoms with Gasteiger partial charge in [0.15, 0.2) is 0 Å². The summed E-state index contributed by atoms with van der Waals surface area (Å²) in [7, 11) is 0. The average Bonchev–Trinajstić information content (AvgIpc) is 2.64. The number of nitrogens with zero attached hydrogens (tertiary/aromatic N) is 1. The Morgan fingerprint density at radius 3 is 2.08 bits per heavy atom. The third-order valence-electron chi connectivity index (χ3n) is 4.66. The quantitative estimate of drug-likeness (QED) is 0.443. The Labute approximate surface area is 149 Å². The van der Waals surface area contributed by atoms with E-state index in [2.05, 4.69) is 92.7 Å². The average molecular weight is 323 g/mol. The molecule has 0 radical (unpaired) electrons. The molecule has 1 heteroatoms. The van der Waals surface area contributed by atoms with Crippen molar-refractivity contribution in [2.45, 2.75) is 20.3 Å². The van der Waals surface area contributed by atoms with Crippen LogP contribution in [0.3, 0.4) is 0 Å². The summed E-state index contributed by atoms with van der Waals surface area (Å²) in [5.41, 5.74) is 8.49. The summed E-state index contributed by atoms with van der Waals surface area (Å²) in [6.07, 6.45) is 0.919. The highest BCUT2D eigenvalue weighted by molar-refractivity contribution is 5.85. The second-order valence-electron chi connectivity index (χ2n) is 6.71. The van der Waals surface area contributed by atoms with Crippen LogP contribution in [0.5, 0.6) is 0 Å². The molecule has 0 aliphatic heterocycles. The highest BCUT2D eigenvalue weighted by Crippen LogP contribution is 2.27. The molecule has 0 amide bonds. The van der Waals surface area contributed by atoms with E-state index >= 15 is 0 Å². The molecule has 1 aromatic heterocycles. The van der Waals surface area contributed by atoms with Gasteiger partial charge in [-0.3, -0.25) is 0 Å². The van der Waals surface area contributed by atoms with Crippen LogP contribution < -0.4 is 0 Å². The van der Waals surface area contributed by atoms with Crippen LogP contribution in [-0.4, -0.2) is 4.98 Å². The third-order valence-corrected chi connectivity index (χ3v) is 4.66. The first-order chi connectivity index (χ1) is 12.2. The van der Waals surface area contributed by atoms with Crippen LogP contribution in [0.2, 0.25) is 0 Å². The Morgan fingerprint density at radius 1 is 0.720 bits per heavy atom. The summed E-state index contributed by atoms with van der Waals surface area (Å²) in [6, 6.07) is 28.1. The van der Waals surface area contributed by atoms with Gasteiger partial charge in [0.05, 0.1) is 11.2 Å². The number of hydrogen-bond donors (Lipinski definition) is 0. The van der Waals surface area contributed by atoms with Gasteiger partial charge in [-0.05, 0) is 43.5 Å². The molecule has 0 bridgehead atoms. The summed E-state index contributed by atoms with van der Waals surface area (Å²) >= 11 is 0. The van der Waals surface area contributed by atoms with Crippen LogP contribution in [0.4, 0.5) is 0 Å². The standard InChI is InChI=1S/C24H21N/c1-17-7-11-19(12-8-17)15-21-16-24(20-13-9-18(2)10-14-20)25-23-6-4-3-5-22(21)23/h3-14,16H,15H2,1-2H3. The normalized spacial score (nSPS) is 11.0. The zero-order valence-corrected chi connectivity index (χ0v) is 14.7. The van der Waals surface area contributed by atoms with Crippen LogP contribution in [0.15, 0.2) is 78.9 Å². The Morgan fingerprint density at radius 2 is 1.36 bits per heavy atom. The van der Waals surface area contributed by atoms with Gasteiger partial charge in [-0.2, -0.15) is 0 Å². The van der Waals surface area contributed by atoms with Crippen LogP contribution >= 0.6 is 0 Å². The highest BCUT2D eigenvalue weighted by Gasteiger charge is 2.08. The number of pyridine rings is 1. The lowest BCUT2D eigenvalue weighted by Gasteiger charge is -2.11. The van der Waals surface area contributed by atoms with Crippen molar-refractivity contribution < 1.29 is 0 Å². The second kappa shape index (κ2) is 6.52. The van der Waals surface area contributed by atoms with Gasteiger partial charge in [-0.1, -0.05) is 77.9 Å². The van der Waals surface area contributed by atoms with Crippen LogP contribution in [0.25, 0.3) is 22.2 Å². The maximum atomic E-state index is 4.89. The predicted octanol–water partition coefficient (Wildman–Crippen LogP) is 6.11. The maximum Gasteiger partial charge on any atom is 0.0712 e. The van der Waals surface area contributed by atoms with Gasteiger partial charge in [0.1, 0.15) is 0 Å². The van der Waals surface area contributed by atoms with E-state index in [0.717, 1.165) is 17.6 Å². The molecule has 0 fully saturated rings. The molecule has 0 aliphatic carbocycles. The minimum atomic E-state index is 0.919. The van der Waals surface area contributed by atoms with E-state index in [0.29, 0.717) is 0 Å². The van der Waals surface area contributed by atoms with Crippen LogP contribution in [-0.2, 0) is 6.42 Å². The summed E-state index contributed by atoms with van der Waals surface area (Å²) in [5, 5.41) is 1.24. The number of fused-ring (bicyclic) bond motifs is 1. The maximum absolute atomic E-state index is 4.89. The molecule has 4 aromatic rings. The zero-order chi connectivity index (χ0) is 17.2. The van der Waals surface area contributed by atoms with E-state index in [9.17, 15) is 0 Å². The lowest BCUT2D eigenvalue weighted by atomic mass is 9.98. The van der Waals surface area contributed by atoms with Gasteiger partial charge in [0, 0.05) is 10.9 Å². The number of hydrogen-bond acceptors (Lipinski definition) is 1. The Hall–Kier alpha value is -2.93. The summed E-state index contributed by atoms with van der Waals surface area (Å²) in [4.78, 5) is 4.89. The largest absolute Gasteiger partial charge is 0.248 e. The number of benzene rings is 3. The van der Waals surface area contributed by atoms with Crippen molar-refractivity contribution in [1.82, 2.24) is 4.98 Å². The first kappa shape index (κ1) is 15.6. The lowest BCUT2D eigenvalue weighted by Crippen LogP contribution is -1.95. The van der Waals surface area contributed by atoms with Gasteiger partial charge < -0.3 is 0 Å². The van der Waals surface area contributed by atoms with Crippen molar-refractivity contribution >= 4 is 10.9 Å². The first-order valence-corrected chi connectivity index (χ1v) is 8.70. The molecule has 0 aliphatic rings. The Bertz CT molecular complexity index is 1010. The number of rotatable bonds is 3. The van der Waals surface area contributed by atoms with Gasteiger partial charge >= 0.3 is 0 Å². The first-order valence-electron chi connectivity index (χ1n) is 8.70. The molecule has 0 spiro atoms. The smallest absolute Gasteiger partial charge is 0.0712 e. The van der Waals surface area contributed by atoms with E-state index in [1.807, 2.05) is 0 Å². The molecular weight excluding hydrogens is 302 g/mol. The molecule has 0 N–H and O–H groups in total. The fraction of sp³-hybridized carbons (Fsp3) is 0.125. The number of aromatic nitrogens is 1. The number of aryl methyl sites for hydroxylation is 2. The van der Waals surface area contributed by atoms with Crippen molar-refractivity contribution in [3.63, 3.8) is 0 Å². The minimum absolute atomic E-state index is 0.919. The van der Waals surface area contributed by atoms with Gasteiger partial charge in [0.25, 0.3) is 0 Å². The molecule has 1 nitrogen and oxygen atoms in total. The molecule has 4 rings (SSSR count).